The number of rotatable bonds is 13. The van der Waals surface area contributed by atoms with Crippen LogP contribution in [0.4, 0.5) is 55.1 Å². The summed E-state index contributed by atoms with van der Waals surface area (Å²) in [6, 6.07) is 80.9. The summed E-state index contributed by atoms with van der Waals surface area (Å²) in [4.78, 5) is 97.1. The number of imide groups is 1. The van der Waals surface area contributed by atoms with Crippen LogP contribution in [0.15, 0.2) is 266 Å². The number of carboxylic acids is 2. The lowest BCUT2D eigenvalue weighted by Crippen LogP contribution is -2.58. The zero-order valence-electron chi connectivity index (χ0n) is 71.8. The number of esters is 1. The summed E-state index contributed by atoms with van der Waals surface area (Å²) < 4.78 is 9.98. The molecule has 666 valence electrons. The maximum absolute atomic E-state index is 14.2. The number of halogens is 5. The normalized spacial score (nSPS) is 17.3. The molecule has 17 rings (SSSR count). The van der Waals surface area contributed by atoms with Gasteiger partial charge in [0.15, 0.2) is 11.4 Å². The molecule has 5 amide bonds. The van der Waals surface area contributed by atoms with E-state index in [-0.39, 0.29) is 23.9 Å². The van der Waals surface area contributed by atoms with Gasteiger partial charge in [-0.1, -0.05) is 200 Å². The number of nitrogens with two attached hydrogens (primary N) is 1. The van der Waals surface area contributed by atoms with Crippen molar-refractivity contribution in [1.82, 2.24) is 0 Å². The second-order valence-electron chi connectivity index (χ2n) is 32.2. The number of aryl methyl sites for hydroxylation is 2. The number of carboxylic acid groups (broad SMARTS) is 2. The van der Waals surface area contributed by atoms with Crippen molar-refractivity contribution in [3.63, 3.8) is 0 Å². The van der Waals surface area contributed by atoms with Crippen molar-refractivity contribution >= 4 is 174 Å². The number of isocyanates is 1. The predicted molar refractivity (Wildman–Crippen MR) is 525 cm³/mol. The Bertz CT molecular complexity index is 5870. The minimum atomic E-state index is -1.56. The van der Waals surface area contributed by atoms with Gasteiger partial charge < -0.3 is 36.4 Å². The average molecular weight is 2110 g/mol. The van der Waals surface area contributed by atoms with Crippen LogP contribution in [0.2, 0.25) is 0 Å². The summed E-state index contributed by atoms with van der Waals surface area (Å²) in [5.74, 6) is -2.00. The number of methoxy groups -OCH3 is 1. The van der Waals surface area contributed by atoms with E-state index in [9.17, 15) is 49.0 Å². The summed E-state index contributed by atoms with van der Waals surface area (Å²) in [5.41, 5.74) is 10.7. The lowest BCUT2D eigenvalue weighted by Gasteiger charge is -2.45. The maximum atomic E-state index is 14.2. The number of carbonyl (C=O) groups is 6. The fourth-order valence-electron chi connectivity index (χ4n) is 17.1. The van der Waals surface area contributed by atoms with Crippen LogP contribution in [0.1, 0.15) is 167 Å². The molecule has 0 aromatic heterocycles. The SMILES string of the molecule is COC(=O)C1(Nc2ccc(C#N)cc2)CCCC1.Cc1cccc(Br)c1.Cc1cccc(C2(O)N(c3ccc(Br)cc3)C(=O)N(c3ccc(C#N)cc3)C23CCCC3)c1.N#Cc1ccc(N2C(=O)N(c3ccc(Br)cc3)C(=O)C23CCCC3)cc1.N#Cc1ccc(NC2(C(=O)O)CCCC2)cc1.NC1(C(=O)O)CCCC1.O=C=Nc1ccc(Br)cc1.[C-]#[N+]c1ccc(I)cc1. The molecule has 10 aromatic rings. The Labute approximate surface area is 804 Å². The van der Waals surface area contributed by atoms with Gasteiger partial charge in [-0.25, -0.2) is 33.7 Å². The van der Waals surface area contributed by atoms with Gasteiger partial charge >= 0.3 is 30.0 Å². The van der Waals surface area contributed by atoms with Crippen molar-refractivity contribution < 1.29 is 53.6 Å². The molecule has 2 spiro atoms. The number of nitrogens with zero attached hydrogens (tertiary/aromatic N) is 10. The molecule has 2 heterocycles. The number of ether oxygens (including phenoxy) is 1. The van der Waals surface area contributed by atoms with E-state index >= 15 is 0 Å². The smallest absolute Gasteiger partial charge is 0.336 e. The first-order valence-corrected chi connectivity index (χ1v) is 46.4. The second kappa shape index (κ2) is 46.4. The van der Waals surface area contributed by atoms with Gasteiger partial charge in [0, 0.05) is 55.5 Å². The number of nitriles is 4. The van der Waals surface area contributed by atoms with Crippen LogP contribution >= 0.6 is 86.3 Å². The third-order valence-electron chi connectivity index (χ3n) is 23.7. The van der Waals surface area contributed by atoms with Crippen LogP contribution in [0.5, 0.6) is 0 Å². The summed E-state index contributed by atoms with van der Waals surface area (Å²) >= 11 is 15.7. The molecule has 0 radical (unpaired) electrons. The minimum Gasteiger partial charge on any atom is -0.480 e. The van der Waals surface area contributed by atoms with Crippen molar-refractivity contribution in [3.8, 4) is 24.3 Å². The first-order chi connectivity index (χ1) is 62.4. The number of aliphatic imine (C=N–C) groups is 1. The zero-order valence-corrected chi connectivity index (χ0v) is 80.3. The summed E-state index contributed by atoms with van der Waals surface area (Å²) in [6.45, 7) is 10.7. The number of aliphatic carboxylic acids is 2. The van der Waals surface area contributed by atoms with Gasteiger partial charge in [0.05, 0.1) is 71.6 Å². The Morgan fingerprint density at radius 3 is 1.28 bits per heavy atom. The molecule has 1 atom stereocenters. The highest BCUT2D eigenvalue weighted by Crippen LogP contribution is 2.58. The molecule has 24 nitrogen and oxygen atoms in total. The molecule has 29 heteroatoms. The van der Waals surface area contributed by atoms with Crippen molar-refractivity contribution in [3.05, 3.63) is 314 Å². The topological polar surface area (TPSA) is 364 Å². The number of nitrogens with one attached hydrogen (secondary N) is 2. The van der Waals surface area contributed by atoms with Crippen molar-refractivity contribution in [2.45, 2.75) is 176 Å². The lowest BCUT2D eigenvalue weighted by atomic mass is 9.78. The molecule has 2 aliphatic heterocycles. The second-order valence-corrected chi connectivity index (χ2v) is 37.1. The molecule has 7 aliphatic rings. The lowest BCUT2D eigenvalue weighted by molar-refractivity contribution is -0.146. The van der Waals surface area contributed by atoms with E-state index in [1.165, 1.54) is 27.2 Å². The van der Waals surface area contributed by atoms with E-state index in [0.29, 0.717) is 113 Å². The summed E-state index contributed by atoms with van der Waals surface area (Å²) in [6.07, 6.45) is 17.8. The van der Waals surface area contributed by atoms with E-state index in [1.807, 2.05) is 134 Å². The van der Waals surface area contributed by atoms with Gasteiger partial charge in [0.2, 0.25) is 6.08 Å². The number of benzene rings is 10. The predicted octanol–water partition coefficient (Wildman–Crippen LogP) is 24.0. The van der Waals surface area contributed by atoms with Crippen LogP contribution in [0.3, 0.4) is 0 Å². The van der Waals surface area contributed by atoms with Crippen LogP contribution in [-0.4, -0.2) is 92.1 Å². The average Bonchev–Trinajstić information content (AvgIpc) is 1.52. The first-order valence-electron chi connectivity index (χ1n) is 42.2. The van der Waals surface area contributed by atoms with Crippen molar-refractivity contribution in [2.24, 2.45) is 10.7 Å². The minimum absolute atomic E-state index is 0.160. The van der Waals surface area contributed by atoms with Gasteiger partial charge in [-0.05, 0) is 283 Å². The molecular formula is C101H96Br4IN13O11. The molecule has 7 fully saturated rings. The third kappa shape index (κ3) is 24.3. The molecule has 7 N–H and O–H groups in total. The largest absolute Gasteiger partial charge is 0.480 e. The molecule has 0 bridgehead atoms. The fraction of sp³-hybridized carbons (Fsp3) is 0.287. The quantitative estimate of drug-likeness (QED) is 0.0156. The number of carbonyl (C=O) groups excluding carboxylic acids is 5. The summed E-state index contributed by atoms with van der Waals surface area (Å²) in [7, 11) is 1.42. The third-order valence-corrected chi connectivity index (χ3v) is 26.5. The van der Waals surface area contributed by atoms with Gasteiger partial charge in [-0.3, -0.25) is 24.3 Å². The highest BCUT2D eigenvalue weighted by molar-refractivity contribution is 14.1. The Morgan fingerprint density at radius 1 is 0.477 bits per heavy atom. The Balaban J connectivity index is 0.000000163. The number of aliphatic hydroxyl groups is 1. The van der Waals surface area contributed by atoms with Crippen LogP contribution < -0.4 is 36.0 Å². The van der Waals surface area contributed by atoms with Gasteiger partial charge in [0.1, 0.15) is 27.7 Å². The van der Waals surface area contributed by atoms with E-state index in [2.05, 4.69) is 144 Å². The Morgan fingerprint density at radius 2 is 0.869 bits per heavy atom. The van der Waals surface area contributed by atoms with Gasteiger partial charge in [-0.2, -0.15) is 26.0 Å². The monoisotopic (exact) mass is 2110 g/mol. The molecular weight excluding hydrogens is 2020 g/mol. The summed E-state index contributed by atoms with van der Waals surface area (Å²) in [5, 5.41) is 72.6. The maximum Gasteiger partial charge on any atom is 0.336 e. The van der Waals surface area contributed by atoms with Crippen LogP contribution in [0, 0.1) is 69.3 Å². The number of anilines is 6. The van der Waals surface area contributed by atoms with Crippen molar-refractivity contribution in [2.75, 3.05) is 37.3 Å². The zero-order chi connectivity index (χ0) is 93.8. The molecule has 1 unspecified atom stereocenters. The highest BCUT2D eigenvalue weighted by Gasteiger charge is 2.69. The Hall–Kier alpha value is -12.2. The first kappa shape index (κ1) is 100.0. The number of amides is 5. The molecule has 130 heavy (non-hydrogen) atoms. The molecule has 10 aromatic carbocycles. The fourth-order valence-corrected chi connectivity index (χ4v) is 18.7. The van der Waals surface area contributed by atoms with E-state index in [0.717, 1.165) is 112 Å². The van der Waals surface area contributed by atoms with Crippen LogP contribution in [-0.2, 0) is 34.4 Å². The van der Waals surface area contributed by atoms with E-state index in [4.69, 9.17) is 37.9 Å². The number of hydrogen-bond acceptors (Lipinski definition) is 17. The van der Waals surface area contributed by atoms with Crippen molar-refractivity contribution in [1.29, 1.82) is 21.0 Å². The van der Waals surface area contributed by atoms with Gasteiger partial charge in [0.25, 0.3) is 5.91 Å². The highest BCUT2D eigenvalue weighted by atomic mass is 127. The molecule has 2 saturated heterocycles. The number of urea groups is 2. The van der Waals surface area contributed by atoms with E-state index in [1.54, 1.807) is 124 Å². The van der Waals surface area contributed by atoms with E-state index < -0.39 is 45.4 Å². The van der Waals surface area contributed by atoms with Crippen LogP contribution in [0.25, 0.3) is 4.85 Å². The standard InChI is InChI=1S/C27H24BrN3O2.C20H16BrN3O2.C14H16N2O2.C13H14N2O2.C7H4BrNO.C7H7Br.C7H4IN.C6H11NO2/c1-19-5-4-6-21(17-19)27(33)26(15-2-3-16-26)30(23-11-7-20(18-29)8-12-23)25(32)31(27)24-13-9-22(28)10-14-24;21-15-5-9-16(10-6-15)23-18(25)20(11-1-2-12-20)24(19(23)26)17-7-3-14(13-22)4-8-17;1-18-13(17)14(8-2-3-9-14)16-12-6-4-11(10-15)5-7-12;14-9-10-3-5-11(6-4-10)15-13(12(16)17)7-1-2-8-13;8-6-1-3-7(4-2-6)9-5-10;1-6-3-2-4-7(8)5-6;1-9-7-4-2-6(8)3-5-7;7-6(5(8)9)3-1-2-4-6/h4-14,17,33H,2-3,15-16H2,1H3;3-10H,1-2,11-12H2;4-7,16H,2-3,8-9H2,1H3;3-6,15H,1-2,7-8H2,(H,16,17);1-4H;2-5H,1H3;2-5H;1-4,7H2,(H,8,9). The Kier molecular flexibility index (Phi) is 35.7. The van der Waals surface area contributed by atoms with Gasteiger partial charge in [-0.15, -0.1) is 0 Å². The molecule has 5 aliphatic carbocycles. The number of hydrogen-bond donors (Lipinski definition) is 6. The molecule has 5 saturated carbocycles.